The molecule has 84 valence electrons. The summed E-state index contributed by atoms with van der Waals surface area (Å²) in [5, 5.41) is 16.9. The van der Waals surface area contributed by atoms with Crippen LogP contribution in [-0.2, 0) is 18.2 Å². The first kappa shape index (κ1) is 10.6. The van der Waals surface area contributed by atoms with Crippen molar-refractivity contribution in [3.63, 3.8) is 0 Å². The van der Waals surface area contributed by atoms with E-state index in [1.165, 1.54) is 5.69 Å². The molecule has 1 fully saturated rings. The second-order valence-electron chi connectivity index (χ2n) is 3.86. The first-order valence-electron chi connectivity index (χ1n) is 5.23. The summed E-state index contributed by atoms with van der Waals surface area (Å²) in [5.74, 6) is 0. The van der Waals surface area contributed by atoms with Gasteiger partial charge in [-0.3, -0.25) is 4.68 Å². The van der Waals surface area contributed by atoms with Crippen LogP contribution in [0.4, 0.5) is 0 Å². The van der Waals surface area contributed by atoms with Crippen LogP contribution in [0.15, 0.2) is 12.3 Å². The maximum Gasteiger partial charge on any atom is 0.0948 e. The van der Waals surface area contributed by atoms with E-state index in [2.05, 4.69) is 10.4 Å². The van der Waals surface area contributed by atoms with Gasteiger partial charge in [0.05, 0.1) is 25.4 Å². The van der Waals surface area contributed by atoms with Crippen molar-refractivity contribution < 1.29 is 9.84 Å². The van der Waals surface area contributed by atoms with Gasteiger partial charge in [-0.15, -0.1) is 0 Å². The molecule has 0 bridgehead atoms. The first-order valence-corrected chi connectivity index (χ1v) is 5.23. The lowest BCUT2D eigenvalue weighted by molar-refractivity contribution is 0.122. The molecule has 2 heterocycles. The highest BCUT2D eigenvalue weighted by molar-refractivity contribution is 5.00. The van der Waals surface area contributed by atoms with Crippen molar-refractivity contribution in [2.24, 2.45) is 7.05 Å². The third kappa shape index (κ3) is 2.56. The Morgan fingerprint density at radius 1 is 1.67 bits per heavy atom. The maximum atomic E-state index is 9.50. The van der Waals surface area contributed by atoms with Crippen LogP contribution in [0.3, 0.4) is 0 Å². The number of hydrogen-bond donors (Lipinski definition) is 2. The molecule has 1 aliphatic rings. The SMILES string of the molecule is Cn1nccc1CCNC1COCC1O. The Morgan fingerprint density at radius 2 is 2.53 bits per heavy atom. The molecule has 5 heteroatoms. The van der Waals surface area contributed by atoms with E-state index in [1.807, 2.05) is 17.8 Å². The van der Waals surface area contributed by atoms with Crippen LogP contribution < -0.4 is 5.32 Å². The summed E-state index contributed by atoms with van der Waals surface area (Å²) in [7, 11) is 1.93. The van der Waals surface area contributed by atoms with E-state index in [4.69, 9.17) is 4.74 Å². The van der Waals surface area contributed by atoms with Crippen LogP contribution in [0.25, 0.3) is 0 Å². The largest absolute Gasteiger partial charge is 0.389 e. The average molecular weight is 211 g/mol. The van der Waals surface area contributed by atoms with Crippen molar-refractivity contribution in [3.05, 3.63) is 18.0 Å². The molecule has 15 heavy (non-hydrogen) atoms. The third-order valence-electron chi connectivity index (χ3n) is 2.76. The molecule has 1 aromatic rings. The van der Waals surface area contributed by atoms with Gasteiger partial charge in [0.2, 0.25) is 0 Å². The molecule has 2 rings (SSSR count). The predicted molar refractivity (Wildman–Crippen MR) is 55.5 cm³/mol. The minimum absolute atomic E-state index is 0.0817. The minimum Gasteiger partial charge on any atom is -0.389 e. The van der Waals surface area contributed by atoms with E-state index >= 15 is 0 Å². The van der Waals surface area contributed by atoms with Crippen molar-refractivity contribution in [1.29, 1.82) is 0 Å². The van der Waals surface area contributed by atoms with E-state index in [0.717, 1.165) is 13.0 Å². The number of nitrogens with one attached hydrogen (secondary N) is 1. The molecule has 1 aliphatic heterocycles. The number of aryl methyl sites for hydroxylation is 1. The molecule has 0 aliphatic carbocycles. The predicted octanol–water partition coefficient (Wildman–Crippen LogP) is -0.688. The number of ether oxygens (including phenoxy) is 1. The summed E-state index contributed by atoms with van der Waals surface area (Å²) in [6.07, 6.45) is 2.35. The van der Waals surface area contributed by atoms with Gasteiger partial charge in [0.15, 0.2) is 0 Å². The van der Waals surface area contributed by atoms with Gasteiger partial charge in [-0.2, -0.15) is 5.10 Å². The van der Waals surface area contributed by atoms with Gasteiger partial charge in [0.25, 0.3) is 0 Å². The number of aromatic nitrogens is 2. The normalized spacial score (nSPS) is 26.0. The molecule has 2 atom stereocenters. The second kappa shape index (κ2) is 4.74. The zero-order valence-electron chi connectivity index (χ0n) is 8.89. The van der Waals surface area contributed by atoms with E-state index < -0.39 is 0 Å². The number of hydrogen-bond acceptors (Lipinski definition) is 4. The quantitative estimate of drug-likeness (QED) is 0.692. The Morgan fingerprint density at radius 3 is 3.13 bits per heavy atom. The van der Waals surface area contributed by atoms with Crippen molar-refractivity contribution in [3.8, 4) is 0 Å². The van der Waals surface area contributed by atoms with Crippen molar-refractivity contribution in [2.45, 2.75) is 18.6 Å². The number of nitrogens with zero attached hydrogens (tertiary/aromatic N) is 2. The summed E-state index contributed by atoms with van der Waals surface area (Å²) >= 11 is 0. The summed E-state index contributed by atoms with van der Waals surface area (Å²) in [6, 6.07) is 2.08. The maximum absolute atomic E-state index is 9.50. The molecule has 5 nitrogen and oxygen atoms in total. The molecule has 1 aromatic heterocycles. The Hall–Kier alpha value is -0.910. The summed E-state index contributed by atoms with van der Waals surface area (Å²) in [4.78, 5) is 0. The van der Waals surface area contributed by atoms with Crippen LogP contribution in [0.5, 0.6) is 0 Å². The van der Waals surface area contributed by atoms with Gasteiger partial charge in [-0.1, -0.05) is 0 Å². The Kier molecular flexibility index (Phi) is 3.35. The summed E-state index contributed by atoms with van der Waals surface area (Å²) < 4.78 is 7.02. The highest BCUT2D eigenvalue weighted by atomic mass is 16.5. The van der Waals surface area contributed by atoms with Crippen molar-refractivity contribution >= 4 is 0 Å². The molecule has 1 saturated heterocycles. The Balaban J connectivity index is 1.73. The van der Waals surface area contributed by atoms with Crippen molar-refractivity contribution in [1.82, 2.24) is 15.1 Å². The lowest BCUT2D eigenvalue weighted by Crippen LogP contribution is -2.39. The fourth-order valence-corrected chi connectivity index (χ4v) is 1.77. The molecule has 2 unspecified atom stereocenters. The van der Waals surface area contributed by atoms with Gasteiger partial charge in [-0.05, 0) is 6.07 Å². The van der Waals surface area contributed by atoms with E-state index in [0.29, 0.717) is 13.2 Å². The number of rotatable bonds is 4. The molecule has 0 spiro atoms. The minimum atomic E-state index is -0.364. The van der Waals surface area contributed by atoms with Gasteiger partial charge in [0, 0.05) is 31.9 Å². The topological polar surface area (TPSA) is 59.3 Å². The monoisotopic (exact) mass is 211 g/mol. The standard InChI is InChI=1S/C10H17N3O2/c1-13-8(3-5-12-13)2-4-11-9-6-15-7-10(9)14/h3,5,9-11,14H,2,4,6-7H2,1H3. The van der Waals surface area contributed by atoms with Crippen LogP contribution >= 0.6 is 0 Å². The Labute approximate surface area is 89.0 Å². The van der Waals surface area contributed by atoms with Crippen LogP contribution in [-0.4, -0.2) is 46.8 Å². The Bertz CT molecular complexity index is 313. The molecule has 2 N–H and O–H groups in total. The summed E-state index contributed by atoms with van der Waals surface area (Å²) in [6.45, 7) is 1.89. The van der Waals surface area contributed by atoms with Gasteiger partial charge >= 0.3 is 0 Å². The zero-order chi connectivity index (χ0) is 10.7. The fraction of sp³-hybridized carbons (Fsp3) is 0.700. The number of aliphatic hydroxyl groups is 1. The van der Waals surface area contributed by atoms with Crippen LogP contribution in [0.1, 0.15) is 5.69 Å². The zero-order valence-corrected chi connectivity index (χ0v) is 8.89. The summed E-state index contributed by atoms with van der Waals surface area (Å²) in [5.41, 5.74) is 1.19. The molecule has 0 radical (unpaired) electrons. The van der Waals surface area contributed by atoms with Gasteiger partial charge in [0.1, 0.15) is 0 Å². The molecular weight excluding hydrogens is 194 g/mol. The van der Waals surface area contributed by atoms with Crippen LogP contribution in [0, 0.1) is 0 Å². The van der Waals surface area contributed by atoms with E-state index in [9.17, 15) is 5.11 Å². The van der Waals surface area contributed by atoms with Gasteiger partial charge < -0.3 is 15.2 Å². The number of aliphatic hydroxyl groups excluding tert-OH is 1. The fourth-order valence-electron chi connectivity index (χ4n) is 1.77. The van der Waals surface area contributed by atoms with Gasteiger partial charge in [-0.25, -0.2) is 0 Å². The smallest absolute Gasteiger partial charge is 0.0948 e. The van der Waals surface area contributed by atoms with E-state index in [-0.39, 0.29) is 12.1 Å². The molecular formula is C10H17N3O2. The second-order valence-corrected chi connectivity index (χ2v) is 3.86. The van der Waals surface area contributed by atoms with Crippen LogP contribution in [0.2, 0.25) is 0 Å². The van der Waals surface area contributed by atoms with E-state index in [1.54, 1.807) is 6.20 Å². The lowest BCUT2D eigenvalue weighted by atomic mass is 10.2. The first-order chi connectivity index (χ1) is 7.27. The molecule has 0 saturated carbocycles. The lowest BCUT2D eigenvalue weighted by Gasteiger charge is -2.14. The highest BCUT2D eigenvalue weighted by Gasteiger charge is 2.25. The highest BCUT2D eigenvalue weighted by Crippen LogP contribution is 2.05. The molecule has 0 amide bonds. The average Bonchev–Trinajstić information content (AvgIpc) is 2.78. The third-order valence-corrected chi connectivity index (χ3v) is 2.76. The molecule has 0 aromatic carbocycles. The van der Waals surface area contributed by atoms with Crippen molar-refractivity contribution in [2.75, 3.05) is 19.8 Å².